The van der Waals surface area contributed by atoms with Crippen molar-refractivity contribution in [2.24, 2.45) is 11.0 Å². The maximum absolute atomic E-state index is 13.5. The van der Waals surface area contributed by atoms with E-state index in [1.165, 1.54) is 30.5 Å². The molecule has 1 amide bonds. The van der Waals surface area contributed by atoms with Crippen molar-refractivity contribution in [3.8, 4) is 5.75 Å². The van der Waals surface area contributed by atoms with Crippen LogP contribution in [-0.4, -0.2) is 33.7 Å². The van der Waals surface area contributed by atoms with Gasteiger partial charge in [-0.2, -0.15) is 5.10 Å². The minimum absolute atomic E-state index is 0.0298. The first kappa shape index (κ1) is 28.2. The summed E-state index contributed by atoms with van der Waals surface area (Å²) in [6.45, 7) is 8.31. The Morgan fingerprint density at radius 1 is 1.03 bits per heavy atom. The van der Waals surface area contributed by atoms with Crippen LogP contribution in [-0.2, 0) is 14.8 Å². The van der Waals surface area contributed by atoms with Crippen LogP contribution in [0.15, 0.2) is 76.7 Å². The Kier molecular flexibility index (Phi) is 9.72. The van der Waals surface area contributed by atoms with Crippen LogP contribution in [0.3, 0.4) is 0 Å². The number of sulfonamides is 1. The molecule has 0 fully saturated rings. The molecule has 0 spiro atoms. The summed E-state index contributed by atoms with van der Waals surface area (Å²) in [5.74, 6) is 0.751. The number of hydrogen-bond acceptors (Lipinski definition) is 5. The molecule has 196 valence electrons. The Bertz CT molecular complexity index is 1340. The molecule has 0 heterocycles. The Balaban J connectivity index is 1.72. The number of ether oxygens (including phenoxy) is 1. The average Bonchev–Trinajstić information content (AvgIpc) is 2.85. The van der Waals surface area contributed by atoms with Crippen molar-refractivity contribution in [3.63, 3.8) is 0 Å². The zero-order chi connectivity index (χ0) is 27.0. The molecule has 7 nitrogen and oxygen atoms in total. The highest BCUT2D eigenvalue weighted by Gasteiger charge is 2.27. The predicted octanol–water partition coefficient (Wildman–Crippen LogP) is 5.73. The number of carbonyl (C=O) groups excluding carboxylic acids is 1. The third-order valence-electron chi connectivity index (χ3n) is 5.71. The van der Waals surface area contributed by atoms with Crippen LogP contribution in [0.1, 0.15) is 37.0 Å². The van der Waals surface area contributed by atoms with Gasteiger partial charge in [0.15, 0.2) is 0 Å². The lowest BCUT2D eigenvalue weighted by molar-refractivity contribution is -0.119. The largest absolute Gasteiger partial charge is 0.494 e. The van der Waals surface area contributed by atoms with Crippen LogP contribution in [0, 0.1) is 19.8 Å². The van der Waals surface area contributed by atoms with E-state index >= 15 is 0 Å². The van der Waals surface area contributed by atoms with Crippen LogP contribution in [0.4, 0.5) is 5.69 Å². The number of nitrogens with one attached hydrogen (secondary N) is 1. The number of halogens is 1. The lowest BCUT2D eigenvalue weighted by Gasteiger charge is -2.24. The second-order valence-corrected chi connectivity index (χ2v) is 11.4. The molecule has 37 heavy (non-hydrogen) atoms. The van der Waals surface area contributed by atoms with E-state index < -0.39 is 22.5 Å². The Labute approximate surface area is 224 Å². The normalized spacial score (nSPS) is 11.6. The lowest BCUT2D eigenvalue weighted by Crippen LogP contribution is -2.39. The summed E-state index contributed by atoms with van der Waals surface area (Å²) in [5, 5.41) is 4.41. The monoisotopic (exact) mass is 541 g/mol. The quantitative estimate of drug-likeness (QED) is 0.248. The molecule has 0 saturated carbocycles. The van der Waals surface area contributed by atoms with Crippen molar-refractivity contribution in [3.05, 3.63) is 88.4 Å². The SMILES string of the molecule is Cc1ccc(N(CC(=O)N/N=C\c2ccc(OCCC(C)C)cc2)S(=O)(=O)c2ccc(Cl)cc2)cc1C. The standard InChI is InChI=1S/C28H32ClN3O4S/c1-20(2)15-16-36-26-11-6-23(7-12-26)18-30-31-28(33)19-32(25-10-5-21(3)22(4)17-25)37(34,35)27-13-8-24(29)9-14-27/h5-14,17-18,20H,15-16,19H2,1-4H3,(H,31,33)/b30-18-. The molecule has 0 radical (unpaired) electrons. The van der Waals surface area contributed by atoms with Crippen molar-refractivity contribution < 1.29 is 17.9 Å². The zero-order valence-electron chi connectivity index (χ0n) is 21.4. The first-order chi connectivity index (χ1) is 17.6. The van der Waals surface area contributed by atoms with E-state index in [0.29, 0.717) is 23.2 Å². The fourth-order valence-corrected chi connectivity index (χ4v) is 4.88. The average molecular weight is 542 g/mol. The highest BCUT2D eigenvalue weighted by atomic mass is 35.5. The third kappa shape index (κ3) is 8.06. The van der Waals surface area contributed by atoms with E-state index in [2.05, 4.69) is 24.4 Å². The summed E-state index contributed by atoms with van der Waals surface area (Å²) < 4.78 is 33.7. The fourth-order valence-electron chi connectivity index (χ4n) is 3.34. The van der Waals surface area contributed by atoms with E-state index in [-0.39, 0.29) is 4.90 Å². The molecule has 0 atom stereocenters. The summed E-state index contributed by atoms with van der Waals surface area (Å²) in [4.78, 5) is 12.8. The zero-order valence-corrected chi connectivity index (χ0v) is 23.0. The minimum atomic E-state index is -4.04. The molecule has 3 aromatic carbocycles. The Morgan fingerprint density at radius 3 is 2.32 bits per heavy atom. The number of amides is 1. The molecule has 9 heteroatoms. The van der Waals surface area contributed by atoms with Crippen LogP contribution in [0.2, 0.25) is 5.02 Å². The number of hydrazone groups is 1. The maximum atomic E-state index is 13.5. The number of anilines is 1. The van der Waals surface area contributed by atoms with Gasteiger partial charge >= 0.3 is 0 Å². The van der Waals surface area contributed by atoms with Gasteiger partial charge in [-0.05, 0) is 104 Å². The van der Waals surface area contributed by atoms with Crippen LogP contribution in [0.5, 0.6) is 5.75 Å². The van der Waals surface area contributed by atoms with Gasteiger partial charge in [-0.3, -0.25) is 9.10 Å². The molecule has 0 aliphatic heterocycles. The van der Waals surface area contributed by atoms with Crippen molar-refractivity contribution in [1.82, 2.24) is 5.43 Å². The van der Waals surface area contributed by atoms with E-state index in [9.17, 15) is 13.2 Å². The molecular formula is C28H32ClN3O4S. The summed E-state index contributed by atoms with van der Waals surface area (Å²) in [5.41, 5.74) is 5.48. The van der Waals surface area contributed by atoms with Gasteiger partial charge < -0.3 is 4.74 Å². The number of hydrogen-bond donors (Lipinski definition) is 1. The van der Waals surface area contributed by atoms with E-state index in [1.54, 1.807) is 12.1 Å². The van der Waals surface area contributed by atoms with Crippen LogP contribution < -0.4 is 14.5 Å². The fraction of sp³-hybridized carbons (Fsp3) is 0.286. The number of benzene rings is 3. The highest BCUT2D eigenvalue weighted by Crippen LogP contribution is 2.26. The predicted molar refractivity (Wildman–Crippen MR) is 149 cm³/mol. The van der Waals surface area contributed by atoms with Gasteiger partial charge in [0.1, 0.15) is 12.3 Å². The van der Waals surface area contributed by atoms with Crippen molar-refractivity contribution in [2.75, 3.05) is 17.5 Å². The molecule has 0 saturated heterocycles. The highest BCUT2D eigenvalue weighted by molar-refractivity contribution is 7.92. The van der Waals surface area contributed by atoms with E-state index in [0.717, 1.165) is 33.2 Å². The van der Waals surface area contributed by atoms with Crippen LogP contribution in [0.25, 0.3) is 0 Å². The van der Waals surface area contributed by atoms with Gasteiger partial charge in [-0.15, -0.1) is 0 Å². The minimum Gasteiger partial charge on any atom is -0.494 e. The van der Waals surface area contributed by atoms with Gasteiger partial charge in [0, 0.05) is 5.02 Å². The van der Waals surface area contributed by atoms with Crippen molar-refractivity contribution in [1.29, 1.82) is 0 Å². The third-order valence-corrected chi connectivity index (χ3v) is 7.75. The first-order valence-electron chi connectivity index (χ1n) is 12.0. The lowest BCUT2D eigenvalue weighted by atomic mass is 10.1. The van der Waals surface area contributed by atoms with Crippen molar-refractivity contribution >= 4 is 39.4 Å². The molecule has 0 aliphatic carbocycles. The Morgan fingerprint density at radius 2 is 1.70 bits per heavy atom. The Hall–Kier alpha value is -3.36. The molecule has 0 aliphatic rings. The summed E-state index contributed by atoms with van der Waals surface area (Å²) in [6.07, 6.45) is 2.46. The molecular weight excluding hydrogens is 510 g/mol. The molecule has 0 aromatic heterocycles. The first-order valence-corrected chi connectivity index (χ1v) is 13.8. The number of rotatable bonds is 11. The molecule has 3 aromatic rings. The second-order valence-electron chi connectivity index (χ2n) is 9.13. The topological polar surface area (TPSA) is 88.1 Å². The molecule has 0 bridgehead atoms. The summed E-state index contributed by atoms with van der Waals surface area (Å²) >= 11 is 5.94. The number of aryl methyl sites for hydroxylation is 2. The summed E-state index contributed by atoms with van der Waals surface area (Å²) in [6, 6.07) is 18.4. The maximum Gasteiger partial charge on any atom is 0.264 e. The molecule has 3 rings (SSSR count). The number of nitrogens with zero attached hydrogens (tertiary/aromatic N) is 2. The van der Waals surface area contributed by atoms with Gasteiger partial charge in [-0.25, -0.2) is 13.8 Å². The van der Waals surface area contributed by atoms with Crippen LogP contribution >= 0.6 is 11.6 Å². The molecule has 1 N–H and O–H groups in total. The summed E-state index contributed by atoms with van der Waals surface area (Å²) in [7, 11) is -4.04. The van der Waals surface area contributed by atoms with Gasteiger partial charge in [0.05, 0.1) is 23.4 Å². The van der Waals surface area contributed by atoms with E-state index in [4.69, 9.17) is 16.3 Å². The smallest absolute Gasteiger partial charge is 0.264 e. The molecule has 0 unspecified atom stereocenters. The van der Waals surface area contributed by atoms with E-state index in [1.807, 2.05) is 44.2 Å². The van der Waals surface area contributed by atoms with Crippen molar-refractivity contribution in [2.45, 2.75) is 39.0 Å². The second kappa shape index (κ2) is 12.7. The van der Waals surface area contributed by atoms with Gasteiger partial charge in [0.2, 0.25) is 0 Å². The van der Waals surface area contributed by atoms with Gasteiger partial charge in [0.25, 0.3) is 15.9 Å². The van der Waals surface area contributed by atoms with Gasteiger partial charge in [-0.1, -0.05) is 31.5 Å². The number of carbonyl (C=O) groups is 1.